The SMILES string of the molecule is Cc1cn(C(C)C)nc1NC(=O)Cc1c(C)nn(CC2CC2)c1C. The molecule has 0 atom stereocenters. The van der Waals surface area contributed by atoms with Gasteiger partial charge in [0.2, 0.25) is 5.91 Å². The molecule has 0 saturated heterocycles. The maximum Gasteiger partial charge on any atom is 0.230 e. The van der Waals surface area contributed by atoms with Crippen LogP contribution >= 0.6 is 0 Å². The quantitative estimate of drug-likeness (QED) is 0.885. The number of aryl methyl sites for hydroxylation is 2. The van der Waals surface area contributed by atoms with Gasteiger partial charge in [-0.15, -0.1) is 0 Å². The Morgan fingerprint density at radius 1 is 1.29 bits per heavy atom. The average Bonchev–Trinajstić information content (AvgIpc) is 3.20. The van der Waals surface area contributed by atoms with Crippen LogP contribution < -0.4 is 5.32 Å². The normalized spacial score (nSPS) is 14.4. The Bertz CT molecular complexity index is 752. The van der Waals surface area contributed by atoms with E-state index in [9.17, 15) is 4.79 Å². The molecule has 3 rings (SSSR count). The fraction of sp³-hybridized carbons (Fsp3) is 0.611. The summed E-state index contributed by atoms with van der Waals surface area (Å²) in [5, 5.41) is 12.0. The van der Waals surface area contributed by atoms with Gasteiger partial charge in [0, 0.05) is 35.6 Å². The molecule has 130 valence electrons. The van der Waals surface area contributed by atoms with E-state index >= 15 is 0 Å². The van der Waals surface area contributed by atoms with E-state index in [1.54, 1.807) is 0 Å². The Kier molecular flexibility index (Phi) is 4.47. The molecule has 6 nitrogen and oxygen atoms in total. The van der Waals surface area contributed by atoms with Crippen LogP contribution in [0.4, 0.5) is 5.82 Å². The summed E-state index contributed by atoms with van der Waals surface area (Å²) >= 11 is 0. The largest absolute Gasteiger partial charge is 0.309 e. The van der Waals surface area contributed by atoms with Crippen molar-refractivity contribution in [2.24, 2.45) is 5.92 Å². The molecule has 1 fully saturated rings. The molecule has 1 aliphatic rings. The summed E-state index contributed by atoms with van der Waals surface area (Å²) in [4.78, 5) is 12.5. The number of carbonyl (C=O) groups is 1. The second kappa shape index (κ2) is 6.42. The minimum absolute atomic E-state index is 0.0377. The van der Waals surface area contributed by atoms with Crippen LogP contribution in [0.5, 0.6) is 0 Å². The van der Waals surface area contributed by atoms with E-state index in [4.69, 9.17) is 0 Å². The van der Waals surface area contributed by atoms with E-state index in [-0.39, 0.29) is 11.9 Å². The molecule has 1 saturated carbocycles. The van der Waals surface area contributed by atoms with Gasteiger partial charge in [-0.05, 0) is 53.4 Å². The fourth-order valence-corrected chi connectivity index (χ4v) is 2.92. The lowest BCUT2D eigenvalue weighted by Gasteiger charge is -2.06. The molecule has 0 aromatic carbocycles. The van der Waals surface area contributed by atoms with E-state index in [1.807, 2.05) is 24.7 Å². The van der Waals surface area contributed by atoms with Crippen LogP contribution in [0.15, 0.2) is 6.20 Å². The van der Waals surface area contributed by atoms with Gasteiger partial charge < -0.3 is 5.32 Å². The van der Waals surface area contributed by atoms with Crippen LogP contribution in [-0.4, -0.2) is 25.5 Å². The summed E-state index contributed by atoms with van der Waals surface area (Å²) < 4.78 is 3.93. The Labute approximate surface area is 143 Å². The van der Waals surface area contributed by atoms with Crippen LogP contribution in [0.25, 0.3) is 0 Å². The highest BCUT2D eigenvalue weighted by atomic mass is 16.1. The van der Waals surface area contributed by atoms with Crippen molar-refractivity contribution in [2.75, 3.05) is 5.32 Å². The first kappa shape index (κ1) is 16.7. The lowest BCUT2D eigenvalue weighted by molar-refractivity contribution is -0.115. The Morgan fingerprint density at radius 3 is 2.58 bits per heavy atom. The van der Waals surface area contributed by atoms with E-state index in [2.05, 4.69) is 41.0 Å². The zero-order valence-corrected chi connectivity index (χ0v) is 15.3. The molecule has 0 aliphatic heterocycles. The molecule has 2 heterocycles. The average molecular weight is 329 g/mol. The van der Waals surface area contributed by atoms with Crippen molar-refractivity contribution >= 4 is 11.7 Å². The van der Waals surface area contributed by atoms with Crippen LogP contribution in [0.3, 0.4) is 0 Å². The van der Waals surface area contributed by atoms with Gasteiger partial charge >= 0.3 is 0 Å². The molecule has 0 unspecified atom stereocenters. The van der Waals surface area contributed by atoms with Gasteiger partial charge in [0.05, 0.1) is 12.1 Å². The molecule has 1 N–H and O–H groups in total. The van der Waals surface area contributed by atoms with Gasteiger partial charge in [0.15, 0.2) is 5.82 Å². The number of hydrogen-bond donors (Lipinski definition) is 1. The standard InChI is InChI=1S/C18H27N5O/c1-11(2)22-9-12(3)18(21-22)19-17(24)8-16-13(4)20-23(14(16)5)10-15-6-7-15/h9,11,15H,6-8,10H2,1-5H3,(H,19,21,24). The Hall–Kier alpha value is -2.11. The van der Waals surface area contributed by atoms with Crippen molar-refractivity contribution < 1.29 is 4.79 Å². The maximum atomic E-state index is 12.5. The second-order valence-corrected chi connectivity index (χ2v) is 7.23. The number of amides is 1. The van der Waals surface area contributed by atoms with E-state index < -0.39 is 0 Å². The number of carbonyl (C=O) groups excluding carboxylic acids is 1. The van der Waals surface area contributed by atoms with Crippen molar-refractivity contribution in [3.8, 4) is 0 Å². The number of aromatic nitrogens is 4. The van der Waals surface area contributed by atoms with E-state index in [1.165, 1.54) is 12.8 Å². The van der Waals surface area contributed by atoms with Gasteiger partial charge in [-0.1, -0.05) is 0 Å². The highest BCUT2D eigenvalue weighted by Crippen LogP contribution is 2.31. The smallest absolute Gasteiger partial charge is 0.230 e. The van der Waals surface area contributed by atoms with Crippen LogP contribution in [-0.2, 0) is 17.8 Å². The minimum Gasteiger partial charge on any atom is -0.309 e. The summed E-state index contributed by atoms with van der Waals surface area (Å²) in [5.74, 6) is 1.38. The zero-order chi connectivity index (χ0) is 17.4. The molecular weight excluding hydrogens is 302 g/mol. The first-order valence-corrected chi connectivity index (χ1v) is 8.73. The maximum absolute atomic E-state index is 12.5. The minimum atomic E-state index is -0.0377. The number of nitrogens with zero attached hydrogens (tertiary/aromatic N) is 4. The molecule has 0 spiro atoms. The van der Waals surface area contributed by atoms with Gasteiger partial charge in [-0.2, -0.15) is 10.2 Å². The highest BCUT2D eigenvalue weighted by Gasteiger charge is 2.24. The highest BCUT2D eigenvalue weighted by molar-refractivity contribution is 5.92. The third-order valence-electron chi connectivity index (χ3n) is 4.70. The summed E-state index contributed by atoms with van der Waals surface area (Å²) in [5.41, 5.74) is 4.08. The summed E-state index contributed by atoms with van der Waals surface area (Å²) in [6.45, 7) is 11.1. The van der Waals surface area contributed by atoms with Crippen molar-refractivity contribution in [3.05, 3.63) is 28.7 Å². The first-order valence-electron chi connectivity index (χ1n) is 8.73. The molecule has 0 radical (unpaired) electrons. The van der Waals surface area contributed by atoms with Gasteiger partial charge in [0.1, 0.15) is 0 Å². The molecular formula is C18H27N5O. The van der Waals surface area contributed by atoms with E-state index in [0.717, 1.165) is 35.0 Å². The summed E-state index contributed by atoms with van der Waals surface area (Å²) in [6.07, 6.45) is 4.90. The van der Waals surface area contributed by atoms with Crippen LogP contribution in [0.1, 0.15) is 55.2 Å². The third-order valence-corrected chi connectivity index (χ3v) is 4.70. The first-order chi connectivity index (χ1) is 11.3. The third kappa shape index (κ3) is 3.52. The van der Waals surface area contributed by atoms with Crippen LogP contribution in [0, 0.1) is 26.7 Å². The second-order valence-electron chi connectivity index (χ2n) is 7.23. The lowest BCUT2D eigenvalue weighted by Crippen LogP contribution is -2.17. The number of rotatable bonds is 6. The molecule has 24 heavy (non-hydrogen) atoms. The predicted molar refractivity (Wildman–Crippen MR) is 94.1 cm³/mol. The Morgan fingerprint density at radius 2 is 2.00 bits per heavy atom. The predicted octanol–water partition coefficient (Wildman–Crippen LogP) is 3.18. The zero-order valence-electron chi connectivity index (χ0n) is 15.3. The van der Waals surface area contributed by atoms with Gasteiger partial charge in [-0.25, -0.2) is 0 Å². The van der Waals surface area contributed by atoms with Gasteiger partial charge in [-0.3, -0.25) is 14.2 Å². The van der Waals surface area contributed by atoms with Crippen molar-refractivity contribution in [2.45, 2.75) is 66.5 Å². The fourth-order valence-electron chi connectivity index (χ4n) is 2.92. The Balaban J connectivity index is 1.69. The topological polar surface area (TPSA) is 64.7 Å². The van der Waals surface area contributed by atoms with Gasteiger partial charge in [0.25, 0.3) is 0 Å². The molecule has 1 aliphatic carbocycles. The monoisotopic (exact) mass is 329 g/mol. The molecule has 0 bridgehead atoms. The van der Waals surface area contributed by atoms with Crippen molar-refractivity contribution in [3.63, 3.8) is 0 Å². The molecule has 6 heteroatoms. The lowest BCUT2D eigenvalue weighted by atomic mass is 10.1. The number of nitrogens with one attached hydrogen (secondary N) is 1. The number of hydrogen-bond acceptors (Lipinski definition) is 3. The number of anilines is 1. The van der Waals surface area contributed by atoms with Crippen LogP contribution in [0.2, 0.25) is 0 Å². The summed E-state index contributed by atoms with van der Waals surface area (Å²) in [6, 6.07) is 0.277. The molecule has 2 aromatic heterocycles. The van der Waals surface area contributed by atoms with Crippen molar-refractivity contribution in [1.82, 2.24) is 19.6 Å². The summed E-state index contributed by atoms with van der Waals surface area (Å²) in [7, 11) is 0. The molecule has 2 aromatic rings. The molecule has 1 amide bonds. The van der Waals surface area contributed by atoms with E-state index in [0.29, 0.717) is 12.2 Å². The van der Waals surface area contributed by atoms with Crippen molar-refractivity contribution in [1.29, 1.82) is 0 Å².